The molecule has 1 aromatic carbocycles. The van der Waals surface area contributed by atoms with Gasteiger partial charge in [-0.3, -0.25) is 4.79 Å². The summed E-state index contributed by atoms with van der Waals surface area (Å²) in [6.45, 7) is 5.56. The van der Waals surface area contributed by atoms with Crippen molar-refractivity contribution < 1.29 is 4.79 Å². The summed E-state index contributed by atoms with van der Waals surface area (Å²) in [5, 5.41) is 0.617. The van der Waals surface area contributed by atoms with Crippen LogP contribution < -0.4 is 0 Å². The van der Waals surface area contributed by atoms with Crippen molar-refractivity contribution in [3.05, 3.63) is 34.3 Å². The van der Waals surface area contributed by atoms with Crippen molar-refractivity contribution in [1.29, 1.82) is 0 Å². The Balaban J connectivity index is 3.08. The van der Waals surface area contributed by atoms with E-state index in [1.165, 1.54) is 0 Å². The summed E-state index contributed by atoms with van der Waals surface area (Å²) in [4.78, 5) is 12.0. The van der Waals surface area contributed by atoms with Crippen molar-refractivity contribution >= 4 is 29.0 Å². The van der Waals surface area contributed by atoms with Gasteiger partial charge in [0, 0.05) is 21.9 Å². The summed E-state index contributed by atoms with van der Waals surface area (Å²) < 4.78 is 0. The van der Waals surface area contributed by atoms with Crippen LogP contribution in [0.25, 0.3) is 0 Å². The predicted octanol–water partition coefficient (Wildman–Crippen LogP) is 4.10. The SMILES string of the molecule is Cc1ccc(C(=O)C(C)(C)CCl)cc1Cl. The first-order valence-corrected chi connectivity index (χ1v) is 5.66. The normalized spacial score (nSPS) is 11.5. The topological polar surface area (TPSA) is 17.1 Å². The van der Waals surface area contributed by atoms with E-state index in [-0.39, 0.29) is 5.78 Å². The zero-order chi connectivity index (χ0) is 11.6. The molecule has 0 radical (unpaired) electrons. The first-order chi connectivity index (χ1) is 6.88. The fourth-order valence-corrected chi connectivity index (χ4v) is 1.49. The smallest absolute Gasteiger partial charge is 0.169 e. The lowest BCUT2D eigenvalue weighted by Crippen LogP contribution is -2.26. The Morgan fingerprint density at radius 2 is 2.00 bits per heavy atom. The van der Waals surface area contributed by atoms with Gasteiger partial charge in [0.15, 0.2) is 5.78 Å². The number of rotatable bonds is 3. The van der Waals surface area contributed by atoms with E-state index in [1.807, 2.05) is 26.8 Å². The van der Waals surface area contributed by atoms with E-state index in [0.29, 0.717) is 16.5 Å². The summed E-state index contributed by atoms with van der Waals surface area (Å²) in [5.74, 6) is 0.330. The molecule has 0 saturated heterocycles. The summed E-state index contributed by atoms with van der Waals surface area (Å²) in [5.41, 5.74) is 1.05. The van der Waals surface area contributed by atoms with Gasteiger partial charge >= 0.3 is 0 Å². The lowest BCUT2D eigenvalue weighted by molar-refractivity contribution is 0.0862. The Kier molecular flexibility index (Phi) is 3.80. The van der Waals surface area contributed by atoms with Crippen LogP contribution in [0.5, 0.6) is 0 Å². The number of Topliss-reactive ketones (excluding diaryl/α,β-unsaturated/α-hetero) is 1. The third-order valence-electron chi connectivity index (χ3n) is 2.38. The molecule has 0 unspecified atom stereocenters. The van der Waals surface area contributed by atoms with Crippen molar-refractivity contribution in [3.8, 4) is 0 Å². The molecule has 0 saturated carbocycles. The van der Waals surface area contributed by atoms with Crippen LogP contribution in [0, 0.1) is 12.3 Å². The Labute approximate surface area is 100 Å². The molecule has 0 aliphatic rings. The Morgan fingerprint density at radius 3 is 2.47 bits per heavy atom. The second-order valence-electron chi connectivity index (χ2n) is 4.31. The predicted molar refractivity (Wildman–Crippen MR) is 65.0 cm³/mol. The molecule has 1 rings (SSSR count). The monoisotopic (exact) mass is 244 g/mol. The standard InChI is InChI=1S/C12H14Cl2O/c1-8-4-5-9(6-10(8)14)11(15)12(2,3)7-13/h4-6H,7H2,1-3H3. The Bertz CT molecular complexity index is 383. The molecule has 0 fully saturated rings. The van der Waals surface area contributed by atoms with Gasteiger partial charge in [-0.05, 0) is 18.6 Å². The Morgan fingerprint density at radius 1 is 1.40 bits per heavy atom. The van der Waals surface area contributed by atoms with E-state index in [4.69, 9.17) is 23.2 Å². The minimum absolute atomic E-state index is 0.0272. The minimum atomic E-state index is -0.542. The first-order valence-electron chi connectivity index (χ1n) is 4.75. The Hall–Kier alpha value is -0.530. The molecule has 0 atom stereocenters. The first kappa shape index (κ1) is 12.5. The summed E-state index contributed by atoms with van der Waals surface area (Å²) in [6, 6.07) is 5.34. The highest BCUT2D eigenvalue weighted by molar-refractivity contribution is 6.31. The van der Waals surface area contributed by atoms with Crippen molar-refractivity contribution in [2.45, 2.75) is 20.8 Å². The van der Waals surface area contributed by atoms with Crippen LogP contribution in [-0.4, -0.2) is 11.7 Å². The number of carbonyl (C=O) groups is 1. The largest absolute Gasteiger partial charge is 0.294 e. The van der Waals surface area contributed by atoms with E-state index >= 15 is 0 Å². The van der Waals surface area contributed by atoms with Gasteiger partial charge in [-0.15, -0.1) is 11.6 Å². The van der Waals surface area contributed by atoms with Gasteiger partial charge in [0.1, 0.15) is 0 Å². The second-order valence-corrected chi connectivity index (χ2v) is 4.99. The summed E-state index contributed by atoms with van der Waals surface area (Å²) in [7, 11) is 0. The molecule has 0 aliphatic heterocycles. The molecule has 0 amide bonds. The second kappa shape index (κ2) is 4.54. The number of ketones is 1. The number of aryl methyl sites for hydroxylation is 1. The molecule has 0 aliphatic carbocycles. The van der Waals surface area contributed by atoms with Gasteiger partial charge in [0.2, 0.25) is 0 Å². The quantitative estimate of drug-likeness (QED) is 0.578. The van der Waals surface area contributed by atoms with Gasteiger partial charge in [0.05, 0.1) is 0 Å². The van der Waals surface area contributed by atoms with Crippen LogP contribution in [0.15, 0.2) is 18.2 Å². The average molecular weight is 245 g/mol. The zero-order valence-corrected chi connectivity index (χ0v) is 10.6. The van der Waals surface area contributed by atoms with Crippen molar-refractivity contribution in [1.82, 2.24) is 0 Å². The number of alkyl halides is 1. The van der Waals surface area contributed by atoms with Crippen molar-refractivity contribution in [2.75, 3.05) is 5.88 Å². The maximum absolute atomic E-state index is 12.0. The summed E-state index contributed by atoms with van der Waals surface area (Å²) in [6.07, 6.45) is 0. The number of halogens is 2. The fraction of sp³-hybridized carbons (Fsp3) is 0.417. The molecular weight excluding hydrogens is 231 g/mol. The molecule has 82 valence electrons. The van der Waals surface area contributed by atoms with Crippen LogP contribution in [0.2, 0.25) is 5.02 Å². The summed E-state index contributed by atoms with van der Waals surface area (Å²) >= 11 is 11.7. The van der Waals surface area contributed by atoms with E-state index in [9.17, 15) is 4.79 Å². The van der Waals surface area contributed by atoms with E-state index in [2.05, 4.69) is 0 Å². The number of benzene rings is 1. The van der Waals surface area contributed by atoms with Crippen LogP contribution in [0.1, 0.15) is 29.8 Å². The van der Waals surface area contributed by atoms with E-state index < -0.39 is 5.41 Å². The van der Waals surface area contributed by atoms with Crippen molar-refractivity contribution in [2.24, 2.45) is 5.41 Å². The van der Waals surface area contributed by atoms with Gasteiger partial charge in [0.25, 0.3) is 0 Å². The molecule has 15 heavy (non-hydrogen) atoms. The van der Waals surface area contributed by atoms with E-state index in [1.54, 1.807) is 12.1 Å². The van der Waals surface area contributed by atoms with Gasteiger partial charge in [-0.2, -0.15) is 0 Å². The van der Waals surface area contributed by atoms with Gasteiger partial charge in [-0.1, -0.05) is 37.6 Å². The molecule has 0 spiro atoms. The highest BCUT2D eigenvalue weighted by atomic mass is 35.5. The van der Waals surface area contributed by atoms with Crippen LogP contribution in [0.4, 0.5) is 0 Å². The van der Waals surface area contributed by atoms with Crippen LogP contribution in [-0.2, 0) is 0 Å². The lowest BCUT2D eigenvalue weighted by atomic mass is 9.86. The van der Waals surface area contributed by atoms with Gasteiger partial charge in [-0.25, -0.2) is 0 Å². The molecule has 0 aromatic heterocycles. The zero-order valence-electron chi connectivity index (χ0n) is 9.10. The highest BCUT2D eigenvalue weighted by Gasteiger charge is 2.27. The molecular formula is C12H14Cl2O. The third-order valence-corrected chi connectivity index (χ3v) is 3.46. The lowest BCUT2D eigenvalue weighted by Gasteiger charge is -2.19. The number of hydrogen-bond acceptors (Lipinski definition) is 1. The van der Waals surface area contributed by atoms with Crippen LogP contribution in [0.3, 0.4) is 0 Å². The van der Waals surface area contributed by atoms with E-state index in [0.717, 1.165) is 5.56 Å². The fourth-order valence-electron chi connectivity index (χ4n) is 1.19. The molecule has 1 aromatic rings. The average Bonchev–Trinajstić information content (AvgIpc) is 2.21. The molecule has 1 nitrogen and oxygen atoms in total. The maximum atomic E-state index is 12.0. The van der Waals surface area contributed by atoms with Crippen molar-refractivity contribution in [3.63, 3.8) is 0 Å². The highest BCUT2D eigenvalue weighted by Crippen LogP contribution is 2.26. The van der Waals surface area contributed by atoms with Gasteiger partial charge < -0.3 is 0 Å². The van der Waals surface area contributed by atoms with Crippen LogP contribution >= 0.6 is 23.2 Å². The number of hydrogen-bond donors (Lipinski definition) is 0. The molecule has 0 N–H and O–H groups in total. The number of carbonyl (C=O) groups excluding carboxylic acids is 1. The third kappa shape index (κ3) is 2.73. The minimum Gasteiger partial charge on any atom is -0.294 e. The maximum Gasteiger partial charge on any atom is 0.169 e. The molecule has 0 heterocycles. The molecule has 3 heteroatoms. The molecule has 0 bridgehead atoms.